The van der Waals surface area contributed by atoms with E-state index in [9.17, 15) is 0 Å². The predicted molar refractivity (Wildman–Crippen MR) is 57.0 cm³/mol. The van der Waals surface area contributed by atoms with Gasteiger partial charge in [0.1, 0.15) is 0 Å². The summed E-state index contributed by atoms with van der Waals surface area (Å²) in [5.74, 6) is 0.807. The van der Waals surface area contributed by atoms with E-state index in [0.29, 0.717) is 12.1 Å². The lowest BCUT2D eigenvalue weighted by molar-refractivity contribution is 0.184. The Kier molecular flexibility index (Phi) is 3.72. The van der Waals surface area contributed by atoms with Gasteiger partial charge in [0, 0.05) is 19.0 Å². The third kappa shape index (κ3) is 2.99. The third-order valence-electron chi connectivity index (χ3n) is 2.89. The van der Waals surface area contributed by atoms with E-state index in [0.717, 1.165) is 31.6 Å². The van der Waals surface area contributed by atoms with Gasteiger partial charge in [0.2, 0.25) is 0 Å². The molecule has 0 radical (unpaired) electrons. The lowest BCUT2D eigenvalue weighted by Crippen LogP contribution is -2.39. The van der Waals surface area contributed by atoms with Crippen LogP contribution in [-0.4, -0.2) is 36.4 Å². The maximum Gasteiger partial charge on any atom is 0.0937 e. The fourth-order valence-corrected chi connectivity index (χ4v) is 1.71. The zero-order chi connectivity index (χ0) is 9.84. The first-order valence-electron chi connectivity index (χ1n) is 5.15. The molecule has 3 heteroatoms. The summed E-state index contributed by atoms with van der Waals surface area (Å²) in [4.78, 5) is 6.89. The third-order valence-corrected chi connectivity index (χ3v) is 2.89. The summed E-state index contributed by atoms with van der Waals surface area (Å²) in [6.07, 6.45) is 3.18. The molecule has 1 heterocycles. The number of hydrogen-bond acceptors (Lipinski definition) is 2. The summed E-state index contributed by atoms with van der Waals surface area (Å²) >= 11 is 0. The second kappa shape index (κ2) is 4.61. The van der Waals surface area contributed by atoms with E-state index in [-0.39, 0.29) is 0 Å². The van der Waals surface area contributed by atoms with Gasteiger partial charge in [0.15, 0.2) is 0 Å². The van der Waals surface area contributed by atoms with Crippen molar-refractivity contribution in [3.63, 3.8) is 0 Å². The minimum absolute atomic E-state index is 0.464. The van der Waals surface area contributed by atoms with Crippen LogP contribution in [0.1, 0.15) is 33.1 Å². The van der Waals surface area contributed by atoms with Crippen LogP contribution in [0.15, 0.2) is 4.99 Å². The number of piperidine rings is 1. The van der Waals surface area contributed by atoms with Gasteiger partial charge in [0.25, 0.3) is 0 Å². The minimum atomic E-state index is 0.464. The molecule has 13 heavy (non-hydrogen) atoms. The van der Waals surface area contributed by atoms with E-state index in [1.165, 1.54) is 0 Å². The molecule has 0 saturated carbocycles. The lowest BCUT2D eigenvalue weighted by Gasteiger charge is -2.33. The molecule has 0 aromatic carbocycles. The molecule has 2 unspecified atom stereocenters. The van der Waals surface area contributed by atoms with Crippen molar-refractivity contribution in [2.45, 2.75) is 45.2 Å². The van der Waals surface area contributed by atoms with Crippen molar-refractivity contribution in [1.82, 2.24) is 4.90 Å². The largest absolute Gasteiger partial charge is 0.387 e. The van der Waals surface area contributed by atoms with Crippen molar-refractivity contribution in [3.8, 4) is 0 Å². The zero-order valence-corrected chi connectivity index (χ0v) is 8.95. The molecule has 2 atom stereocenters. The van der Waals surface area contributed by atoms with Crippen LogP contribution in [0, 0.1) is 0 Å². The maximum atomic E-state index is 5.72. The zero-order valence-electron chi connectivity index (χ0n) is 8.95. The molecule has 0 spiro atoms. The van der Waals surface area contributed by atoms with E-state index in [4.69, 9.17) is 5.73 Å². The monoisotopic (exact) mass is 183 g/mol. The van der Waals surface area contributed by atoms with Crippen LogP contribution < -0.4 is 5.73 Å². The van der Waals surface area contributed by atoms with Crippen molar-refractivity contribution in [1.29, 1.82) is 0 Å². The highest BCUT2D eigenvalue weighted by molar-refractivity contribution is 5.80. The van der Waals surface area contributed by atoms with Crippen LogP contribution in [0.25, 0.3) is 0 Å². The molecule has 76 valence electrons. The van der Waals surface area contributed by atoms with E-state index in [2.05, 4.69) is 30.8 Å². The summed E-state index contributed by atoms with van der Waals surface area (Å²) in [6, 6.07) is 1.11. The van der Waals surface area contributed by atoms with Crippen LogP contribution in [0.5, 0.6) is 0 Å². The van der Waals surface area contributed by atoms with Gasteiger partial charge in [-0.15, -0.1) is 0 Å². The highest BCUT2D eigenvalue weighted by Gasteiger charge is 2.21. The number of nitrogens with two attached hydrogens (primary N) is 1. The van der Waals surface area contributed by atoms with Gasteiger partial charge in [0.05, 0.1) is 11.9 Å². The summed E-state index contributed by atoms with van der Waals surface area (Å²) < 4.78 is 0. The Balaban J connectivity index is 2.46. The molecule has 1 saturated heterocycles. The fourth-order valence-electron chi connectivity index (χ4n) is 1.71. The first kappa shape index (κ1) is 10.5. The van der Waals surface area contributed by atoms with Gasteiger partial charge in [-0.1, -0.05) is 6.92 Å². The van der Waals surface area contributed by atoms with Crippen LogP contribution >= 0.6 is 0 Å². The van der Waals surface area contributed by atoms with Crippen molar-refractivity contribution in [2.75, 3.05) is 13.6 Å². The van der Waals surface area contributed by atoms with E-state index >= 15 is 0 Å². The Morgan fingerprint density at radius 1 is 1.62 bits per heavy atom. The molecular formula is C10H21N3. The van der Waals surface area contributed by atoms with Gasteiger partial charge in [-0.05, 0) is 26.8 Å². The number of aliphatic imine (C=N–C) groups is 1. The molecular weight excluding hydrogens is 162 g/mol. The van der Waals surface area contributed by atoms with Crippen molar-refractivity contribution in [2.24, 2.45) is 10.7 Å². The molecule has 0 aromatic rings. The molecule has 0 aromatic heterocycles. The summed E-state index contributed by atoms with van der Waals surface area (Å²) in [6.45, 7) is 5.45. The van der Waals surface area contributed by atoms with Crippen LogP contribution in [0.3, 0.4) is 0 Å². The fraction of sp³-hybridized carbons (Fsp3) is 0.900. The average molecular weight is 183 g/mol. The SMILES string of the molecule is CCC(N)=NC1CCN(C)C(C)C1. The topological polar surface area (TPSA) is 41.6 Å². The number of rotatable bonds is 2. The number of amidine groups is 1. The second-order valence-electron chi connectivity index (χ2n) is 3.98. The smallest absolute Gasteiger partial charge is 0.0937 e. The lowest BCUT2D eigenvalue weighted by atomic mass is 9.99. The van der Waals surface area contributed by atoms with Crippen molar-refractivity contribution < 1.29 is 0 Å². The average Bonchev–Trinajstić information content (AvgIpc) is 2.11. The number of likely N-dealkylation sites (tertiary alicyclic amines) is 1. The van der Waals surface area contributed by atoms with Crippen molar-refractivity contribution >= 4 is 5.84 Å². The predicted octanol–water partition coefficient (Wildman–Crippen LogP) is 1.24. The maximum absolute atomic E-state index is 5.72. The molecule has 1 rings (SSSR count). The normalized spacial score (nSPS) is 32.1. The molecule has 1 aliphatic heterocycles. The van der Waals surface area contributed by atoms with E-state index in [1.807, 2.05) is 0 Å². The Morgan fingerprint density at radius 2 is 2.31 bits per heavy atom. The van der Waals surface area contributed by atoms with Gasteiger partial charge in [-0.25, -0.2) is 0 Å². The molecule has 3 nitrogen and oxygen atoms in total. The van der Waals surface area contributed by atoms with Crippen LogP contribution in [0.4, 0.5) is 0 Å². The number of nitrogens with zero attached hydrogens (tertiary/aromatic N) is 2. The molecule has 1 aliphatic rings. The first-order valence-corrected chi connectivity index (χ1v) is 5.15. The Hall–Kier alpha value is -0.570. The minimum Gasteiger partial charge on any atom is -0.387 e. The van der Waals surface area contributed by atoms with Gasteiger partial charge < -0.3 is 10.6 Å². The molecule has 0 bridgehead atoms. The van der Waals surface area contributed by atoms with E-state index in [1.54, 1.807) is 0 Å². The van der Waals surface area contributed by atoms with Crippen LogP contribution in [0.2, 0.25) is 0 Å². The van der Waals surface area contributed by atoms with Crippen LogP contribution in [-0.2, 0) is 0 Å². The summed E-state index contributed by atoms with van der Waals surface area (Å²) in [7, 11) is 2.17. The van der Waals surface area contributed by atoms with E-state index < -0.39 is 0 Å². The van der Waals surface area contributed by atoms with Gasteiger partial charge >= 0.3 is 0 Å². The molecule has 1 fully saturated rings. The Bertz CT molecular complexity index is 189. The Morgan fingerprint density at radius 3 is 2.85 bits per heavy atom. The molecule has 0 aliphatic carbocycles. The Labute approximate surface area is 81.0 Å². The standard InChI is InChI=1S/C10H21N3/c1-4-10(11)12-9-5-6-13(3)8(2)7-9/h8-9H,4-7H2,1-3H3,(H2,11,12). The number of hydrogen-bond donors (Lipinski definition) is 1. The second-order valence-corrected chi connectivity index (χ2v) is 3.98. The first-order chi connectivity index (χ1) is 6.13. The van der Waals surface area contributed by atoms with Gasteiger partial charge in [-0.2, -0.15) is 0 Å². The summed E-state index contributed by atoms with van der Waals surface area (Å²) in [5.41, 5.74) is 5.72. The highest BCUT2D eigenvalue weighted by Crippen LogP contribution is 2.18. The molecule has 0 amide bonds. The summed E-state index contributed by atoms with van der Waals surface area (Å²) in [5, 5.41) is 0. The highest BCUT2D eigenvalue weighted by atomic mass is 15.1. The van der Waals surface area contributed by atoms with Crippen molar-refractivity contribution in [3.05, 3.63) is 0 Å². The quantitative estimate of drug-likeness (QED) is 0.517. The molecule has 2 N–H and O–H groups in total. The van der Waals surface area contributed by atoms with Gasteiger partial charge in [-0.3, -0.25) is 4.99 Å².